The fraction of sp³-hybridized carbons (Fsp3) is 0.263. The van der Waals surface area contributed by atoms with Gasteiger partial charge in [-0.15, -0.1) is 0 Å². The van der Waals surface area contributed by atoms with Gasteiger partial charge in [0.25, 0.3) is 11.4 Å². The molecule has 0 aromatic heterocycles. The van der Waals surface area contributed by atoms with Crippen molar-refractivity contribution < 1.29 is 9.85 Å². The van der Waals surface area contributed by atoms with Crippen LogP contribution in [0.5, 0.6) is 0 Å². The van der Waals surface area contributed by atoms with Gasteiger partial charge in [-0.1, -0.05) is 30.4 Å². The van der Waals surface area contributed by atoms with E-state index in [4.69, 9.17) is 0 Å². The number of hydrogen-bond acceptors (Lipinski definition) is 5. The zero-order valence-corrected chi connectivity index (χ0v) is 14.1. The number of aryl methyl sites for hydroxylation is 1. The van der Waals surface area contributed by atoms with Crippen LogP contribution < -0.4 is 5.32 Å². The molecular formula is C19H17N3O4. The second kappa shape index (κ2) is 5.94. The van der Waals surface area contributed by atoms with Gasteiger partial charge in [0.1, 0.15) is 0 Å². The minimum absolute atomic E-state index is 0.0494. The zero-order chi connectivity index (χ0) is 18.4. The number of allylic oxidation sites excluding steroid dienone is 2. The van der Waals surface area contributed by atoms with E-state index in [0.29, 0.717) is 0 Å². The van der Waals surface area contributed by atoms with Gasteiger partial charge in [0, 0.05) is 29.8 Å². The normalized spacial score (nSPS) is 23.0. The molecule has 0 fully saturated rings. The minimum Gasteiger partial charge on any atom is -0.377 e. The molecule has 0 unspecified atom stereocenters. The second-order valence-corrected chi connectivity index (χ2v) is 6.77. The molecule has 2 aromatic carbocycles. The molecule has 0 radical (unpaired) electrons. The third kappa shape index (κ3) is 2.44. The number of nitro benzene ring substituents is 2. The number of fused-ring (bicyclic) bond motifs is 3. The Morgan fingerprint density at radius 3 is 2.65 bits per heavy atom. The van der Waals surface area contributed by atoms with E-state index in [2.05, 4.69) is 5.32 Å². The average Bonchev–Trinajstić information content (AvgIpc) is 3.11. The maximum absolute atomic E-state index is 11.5. The fourth-order valence-electron chi connectivity index (χ4n) is 4.16. The molecule has 26 heavy (non-hydrogen) atoms. The fourth-order valence-corrected chi connectivity index (χ4v) is 4.16. The molecule has 132 valence electrons. The summed E-state index contributed by atoms with van der Waals surface area (Å²) in [5.41, 5.74) is 3.42. The van der Waals surface area contributed by atoms with Crippen LogP contribution in [0.1, 0.15) is 35.1 Å². The number of non-ortho nitro benzene ring substituents is 1. The average molecular weight is 351 g/mol. The van der Waals surface area contributed by atoms with Gasteiger partial charge in [-0.3, -0.25) is 20.2 Å². The summed E-state index contributed by atoms with van der Waals surface area (Å²) in [6.07, 6.45) is 4.85. The Bertz CT molecular complexity index is 954. The molecule has 0 spiro atoms. The Balaban J connectivity index is 1.85. The molecule has 0 amide bonds. The maximum Gasteiger partial charge on any atom is 0.275 e. The van der Waals surface area contributed by atoms with Crippen molar-refractivity contribution in [2.45, 2.75) is 25.3 Å². The molecule has 1 aliphatic carbocycles. The standard InChI is InChI=1S/C19H17N3O4/c1-11-8-9-16(22(25)26)17-14-6-3-7-15(14)19(20-18(11)17)12-4-2-5-13(10-12)21(23)24/h2-6,8-10,14-15,19-20H,7H2,1H3/t14-,15-,19-/m1/s1. The van der Waals surface area contributed by atoms with Gasteiger partial charge in [-0.25, -0.2) is 0 Å². The van der Waals surface area contributed by atoms with E-state index in [-0.39, 0.29) is 34.2 Å². The van der Waals surface area contributed by atoms with E-state index in [1.54, 1.807) is 24.3 Å². The van der Waals surface area contributed by atoms with Gasteiger partial charge in [-0.2, -0.15) is 0 Å². The van der Waals surface area contributed by atoms with Crippen molar-refractivity contribution in [2.24, 2.45) is 5.92 Å². The van der Waals surface area contributed by atoms with Crippen molar-refractivity contribution in [3.8, 4) is 0 Å². The molecule has 0 saturated carbocycles. The lowest BCUT2D eigenvalue weighted by molar-refractivity contribution is -0.385. The van der Waals surface area contributed by atoms with E-state index in [0.717, 1.165) is 28.8 Å². The summed E-state index contributed by atoms with van der Waals surface area (Å²) in [5.74, 6) is 0.0146. The van der Waals surface area contributed by atoms with Gasteiger partial charge in [0.2, 0.25) is 0 Å². The maximum atomic E-state index is 11.5. The van der Waals surface area contributed by atoms with Gasteiger partial charge in [-0.05, 0) is 30.4 Å². The van der Waals surface area contributed by atoms with Crippen LogP contribution in [0.4, 0.5) is 17.1 Å². The highest BCUT2D eigenvalue weighted by Gasteiger charge is 2.42. The summed E-state index contributed by atoms with van der Waals surface area (Å²) >= 11 is 0. The topological polar surface area (TPSA) is 98.3 Å². The molecule has 1 N–H and O–H groups in total. The van der Waals surface area contributed by atoms with Crippen LogP contribution in [0.3, 0.4) is 0 Å². The highest BCUT2D eigenvalue weighted by atomic mass is 16.6. The van der Waals surface area contributed by atoms with Crippen LogP contribution in [0, 0.1) is 33.1 Å². The Kier molecular flexibility index (Phi) is 3.72. The van der Waals surface area contributed by atoms with Crippen LogP contribution in [0.15, 0.2) is 48.6 Å². The highest BCUT2D eigenvalue weighted by molar-refractivity contribution is 5.70. The van der Waals surface area contributed by atoms with Crippen molar-refractivity contribution >= 4 is 17.1 Å². The SMILES string of the molecule is Cc1ccc([N+](=O)[O-])c2c1N[C@H](c1cccc([N+](=O)[O-])c1)[C@@H]1CC=C[C@@H]21. The van der Waals surface area contributed by atoms with Crippen molar-refractivity contribution in [1.29, 1.82) is 0 Å². The van der Waals surface area contributed by atoms with E-state index in [1.165, 1.54) is 6.07 Å². The van der Waals surface area contributed by atoms with E-state index < -0.39 is 4.92 Å². The van der Waals surface area contributed by atoms with Gasteiger partial charge in [0.05, 0.1) is 21.5 Å². The number of anilines is 1. The quantitative estimate of drug-likeness (QED) is 0.493. The lowest BCUT2D eigenvalue weighted by Gasteiger charge is -2.37. The van der Waals surface area contributed by atoms with Crippen molar-refractivity contribution in [3.63, 3.8) is 0 Å². The molecule has 0 saturated heterocycles. The van der Waals surface area contributed by atoms with Gasteiger partial charge in [0.15, 0.2) is 0 Å². The number of nitrogens with zero attached hydrogens (tertiary/aromatic N) is 2. The molecule has 1 aliphatic heterocycles. The number of rotatable bonds is 3. The highest BCUT2D eigenvalue weighted by Crippen LogP contribution is 2.53. The molecule has 2 aromatic rings. The molecular weight excluding hydrogens is 334 g/mol. The third-order valence-corrected chi connectivity index (χ3v) is 5.34. The summed E-state index contributed by atoms with van der Waals surface area (Å²) in [6, 6.07) is 9.79. The van der Waals surface area contributed by atoms with E-state index in [1.807, 2.05) is 25.1 Å². The van der Waals surface area contributed by atoms with Crippen LogP contribution in [0.25, 0.3) is 0 Å². The summed E-state index contributed by atoms with van der Waals surface area (Å²) in [7, 11) is 0. The first-order valence-corrected chi connectivity index (χ1v) is 8.43. The number of nitrogens with one attached hydrogen (secondary N) is 1. The third-order valence-electron chi connectivity index (χ3n) is 5.34. The van der Waals surface area contributed by atoms with Crippen LogP contribution in [0.2, 0.25) is 0 Å². The van der Waals surface area contributed by atoms with Crippen LogP contribution >= 0.6 is 0 Å². The molecule has 7 heteroatoms. The molecule has 7 nitrogen and oxygen atoms in total. The Labute approximate surface area is 149 Å². The zero-order valence-electron chi connectivity index (χ0n) is 14.1. The smallest absolute Gasteiger partial charge is 0.275 e. The lowest BCUT2D eigenvalue weighted by atomic mass is 9.75. The Morgan fingerprint density at radius 1 is 1.12 bits per heavy atom. The molecule has 0 bridgehead atoms. The van der Waals surface area contributed by atoms with Crippen molar-refractivity contribution in [1.82, 2.24) is 0 Å². The Morgan fingerprint density at radius 2 is 1.92 bits per heavy atom. The van der Waals surface area contributed by atoms with Crippen molar-refractivity contribution in [2.75, 3.05) is 5.32 Å². The monoisotopic (exact) mass is 351 g/mol. The summed E-state index contributed by atoms with van der Waals surface area (Å²) < 4.78 is 0. The summed E-state index contributed by atoms with van der Waals surface area (Å²) in [4.78, 5) is 21.9. The molecule has 3 atom stereocenters. The first-order valence-electron chi connectivity index (χ1n) is 8.43. The lowest BCUT2D eigenvalue weighted by Crippen LogP contribution is -2.30. The second-order valence-electron chi connectivity index (χ2n) is 6.77. The number of hydrogen-bond donors (Lipinski definition) is 1. The van der Waals surface area contributed by atoms with Gasteiger partial charge < -0.3 is 5.32 Å². The first kappa shape index (κ1) is 16.3. The predicted molar refractivity (Wildman–Crippen MR) is 97.3 cm³/mol. The minimum atomic E-state index is -0.402. The number of benzene rings is 2. The van der Waals surface area contributed by atoms with Crippen LogP contribution in [-0.4, -0.2) is 9.85 Å². The summed E-state index contributed by atoms with van der Waals surface area (Å²) in [6.45, 7) is 1.92. The van der Waals surface area contributed by atoms with Crippen LogP contribution in [-0.2, 0) is 0 Å². The molecule has 4 rings (SSSR count). The van der Waals surface area contributed by atoms with E-state index >= 15 is 0 Å². The van der Waals surface area contributed by atoms with Gasteiger partial charge >= 0.3 is 0 Å². The Hall–Kier alpha value is -3.22. The predicted octanol–water partition coefficient (Wildman–Crippen LogP) is 4.64. The summed E-state index contributed by atoms with van der Waals surface area (Å²) in [5, 5.41) is 26.1. The van der Waals surface area contributed by atoms with E-state index in [9.17, 15) is 20.2 Å². The van der Waals surface area contributed by atoms with Crippen molar-refractivity contribution in [3.05, 3.63) is 85.5 Å². The largest absolute Gasteiger partial charge is 0.377 e. The molecule has 1 heterocycles. The number of nitro groups is 2. The first-order chi connectivity index (χ1) is 12.5. The molecule has 2 aliphatic rings.